The number of nitrogens with one attached hydrogen (secondary N) is 1. The molecular formula is C17H20N2O5S. The summed E-state index contributed by atoms with van der Waals surface area (Å²) in [5, 5.41) is 13.3. The van der Waals surface area contributed by atoms with Crippen LogP contribution in [0, 0.1) is 0 Å². The van der Waals surface area contributed by atoms with Gasteiger partial charge in [-0.3, -0.25) is 9.54 Å². The molecule has 0 saturated heterocycles. The number of fused-ring (bicyclic) bond motifs is 1. The molecule has 0 fully saturated rings. The minimum atomic E-state index is -4.20. The van der Waals surface area contributed by atoms with Crippen LogP contribution in [0.1, 0.15) is 23.7 Å². The predicted molar refractivity (Wildman–Crippen MR) is 91.1 cm³/mol. The third-order valence-corrected chi connectivity index (χ3v) is 4.99. The summed E-state index contributed by atoms with van der Waals surface area (Å²) in [6, 6.07) is 7.94. The molecule has 0 radical (unpaired) electrons. The second kappa shape index (κ2) is 7.49. The number of aryl methyl sites for hydroxylation is 1. The van der Waals surface area contributed by atoms with Crippen LogP contribution in [-0.2, 0) is 16.5 Å². The lowest BCUT2D eigenvalue weighted by Crippen LogP contribution is -2.36. The number of aliphatic hydroxyl groups is 1. The average molecular weight is 364 g/mol. The molecule has 2 atom stereocenters. The number of nitrogens with zero attached hydrogens (tertiary/aromatic N) is 1. The second-order valence-corrected chi connectivity index (χ2v) is 7.41. The molecule has 1 aliphatic rings. The van der Waals surface area contributed by atoms with Crippen molar-refractivity contribution in [3.8, 4) is 5.75 Å². The Morgan fingerprint density at radius 1 is 1.36 bits per heavy atom. The van der Waals surface area contributed by atoms with E-state index in [0.717, 1.165) is 17.5 Å². The van der Waals surface area contributed by atoms with Crippen molar-refractivity contribution in [2.24, 2.45) is 0 Å². The number of aliphatic hydroxyl groups excluding tert-OH is 1. The van der Waals surface area contributed by atoms with E-state index in [2.05, 4.69) is 10.3 Å². The van der Waals surface area contributed by atoms with Gasteiger partial charge in [-0.2, -0.15) is 8.42 Å². The van der Waals surface area contributed by atoms with Crippen LogP contribution in [0.5, 0.6) is 5.75 Å². The maximum absolute atomic E-state index is 11.2. The summed E-state index contributed by atoms with van der Waals surface area (Å²) in [6.45, 7) is 0.955. The Hall–Kier alpha value is -2.00. The Labute approximate surface area is 146 Å². The predicted octanol–water partition coefficient (Wildman–Crippen LogP) is 1.35. The number of aromatic nitrogens is 1. The van der Waals surface area contributed by atoms with Crippen LogP contribution in [0.3, 0.4) is 0 Å². The lowest BCUT2D eigenvalue weighted by atomic mass is 10.0. The summed E-state index contributed by atoms with van der Waals surface area (Å²) in [7, 11) is -4.20. The Morgan fingerprint density at radius 2 is 2.20 bits per heavy atom. The molecular weight excluding hydrogens is 344 g/mol. The van der Waals surface area contributed by atoms with Crippen LogP contribution in [0.15, 0.2) is 47.6 Å². The van der Waals surface area contributed by atoms with Crippen molar-refractivity contribution >= 4 is 10.1 Å². The fourth-order valence-corrected chi connectivity index (χ4v) is 3.33. The molecule has 1 aromatic carbocycles. The van der Waals surface area contributed by atoms with Crippen LogP contribution in [-0.4, -0.2) is 42.3 Å². The summed E-state index contributed by atoms with van der Waals surface area (Å²) in [6.07, 6.45) is 3.97. The van der Waals surface area contributed by atoms with Crippen molar-refractivity contribution in [3.05, 3.63) is 53.9 Å². The molecule has 0 bridgehead atoms. The maximum Gasteiger partial charge on any atom is 0.294 e. The number of rotatable bonds is 6. The van der Waals surface area contributed by atoms with Gasteiger partial charge in [0.25, 0.3) is 10.1 Å². The molecule has 7 nitrogen and oxygen atoms in total. The molecule has 3 N–H and O–H groups in total. The smallest absolute Gasteiger partial charge is 0.294 e. The Bertz CT molecular complexity index is 826. The molecule has 3 rings (SSSR count). The summed E-state index contributed by atoms with van der Waals surface area (Å²) in [5.74, 6) is 0.623. The normalized spacial score (nSPS) is 18.2. The zero-order valence-electron chi connectivity index (χ0n) is 13.5. The maximum atomic E-state index is 11.2. The Morgan fingerprint density at radius 3 is 2.92 bits per heavy atom. The van der Waals surface area contributed by atoms with Gasteiger partial charge in [0.15, 0.2) is 0 Å². The van der Waals surface area contributed by atoms with E-state index in [1.165, 1.54) is 12.1 Å². The average Bonchev–Trinajstić information content (AvgIpc) is 2.61. The standard InChI is InChI=1S/C17H20N2O5S/c20-16(13-2-1-7-18-9-13)11-19-10-14-4-3-12-8-15(25(21,22)23)5-6-17(12)24-14/h1-2,5-9,14,16,19-20H,3-4,10-11H2,(H,21,22,23)/t14?,16-/m0/s1. The number of hydrogen-bond acceptors (Lipinski definition) is 6. The summed E-state index contributed by atoms with van der Waals surface area (Å²) >= 11 is 0. The second-order valence-electron chi connectivity index (χ2n) is 5.98. The number of pyridine rings is 1. The van der Waals surface area contributed by atoms with E-state index in [4.69, 9.17) is 9.29 Å². The highest BCUT2D eigenvalue weighted by atomic mass is 32.2. The van der Waals surface area contributed by atoms with Crippen LogP contribution >= 0.6 is 0 Å². The van der Waals surface area contributed by atoms with Crippen molar-refractivity contribution < 1.29 is 22.8 Å². The molecule has 25 heavy (non-hydrogen) atoms. The minimum absolute atomic E-state index is 0.0646. The van der Waals surface area contributed by atoms with Crippen molar-refractivity contribution in [2.75, 3.05) is 13.1 Å². The van der Waals surface area contributed by atoms with Crippen LogP contribution in [0.25, 0.3) is 0 Å². The summed E-state index contributed by atoms with van der Waals surface area (Å²) in [4.78, 5) is 3.86. The molecule has 0 aliphatic carbocycles. The van der Waals surface area contributed by atoms with Crippen LogP contribution in [0.4, 0.5) is 0 Å². The molecule has 8 heteroatoms. The van der Waals surface area contributed by atoms with E-state index in [9.17, 15) is 13.5 Å². The van der Waals surface area contributed by atoms with Crippen molar-refractivity contribution in [3.63, 3.8) is 0 Å². The fourth-order valence-electron chi connectivity index (χ4n) is 2.80. The lowest BCUT2D eigenvalue weighted by molar-refractivity contribution is 0.146. The molecule has 0 spiro atoms. The fraction of sp³-hybridized carbons (Fsp3) is 0.353. The largest absolute Gasteiger partial charge is 0.489 e. The molecule has 2 aromatic rings. The molecule has 1 aromatic heterocycles. The van der Waals surface area contributed by atoms with Gasteiger partial charge in [0.05, 0.1) is 11.0 Å². The van der Waals surface area contributed by atoms with Gasteiger partial charge in [-0.1, -0.05) is 6.07 Å². The van der Waals surface area contributed by atoms with Gasteiger partial charge in [-0.15, -0.1) is 0 Å². The first-order valence-electron chi connectivity index (χ1n) is 7.99. The molecule has 134 valence electrons. The topological polar surface area (TPSA) is 109 Å². The molecule has 0 saturated carbocycles. The van der Waals surface area contributed by atoms with Crippen molar-refractivity contribution in [2.45, 2.75) is 29.9 Å². The monoisotopic (exact) mass is 364 g/mol. The number of ether oxygens (including phenoxy) is 1. The molecule has 1 aliphatic heterocycles. The van der Waals surface area contributed by atoms with Gasteiger partial charge < -0.3 is 15.2 Å². The highest BCUT2D eigenvalue weighted by molar-refractivity contribution is 7.85. The quantitative estimate of drug-likeness (QED) is 0.664. The van der Waals surface area contributed by atoms with Crippen LogP contribution in [0.2, 0.25) is 0 Å². The molecule has 0 amide bonds. The number of benzene rings is 1. The zero-order valence-corrected chi connectivity index (χ0v) is 14.3. The first kappa shape index (κ1) is 17.8. The van der Waals surface area contributed by atoms with Gasteiger partial charge in [0.2, 0.25) is 0 Å². The Balaban J connectivity index is 1.53. The Kier molecular flexibility index (Phi) is 5.33. The lowest BCUT2D eigenvalue weighted by Gasteiger charge is -2.27. The number of hydrogen-bond donors (Lipinski definition) is 3. The van der Waals surface area contributed by atoms with E-state index in [1.54, 1.807) is 24.5 Å². The van der Waals surface area contributed by atoms with Crippen molar-refractivity contribution in [1.29, 1.82) is 0 Å². The van der Waals surface area contributed by atoms with E-state index in [-0.39, 0.29) is 11.0 Å². The third-order valence-electron chi connectivity index (χ3n) is 4.14. The highest BCUT2D eigenvalue weighted by Gasteiger charge is 2.22. The van der Waals surface area contributed by atoms with Crippen LogP contribution < -0.4 is 10.1 Å². The summed E-state index contributed by atoms with van der Waals surface area (Å²) < 4.78 is 37.3. The zero-order chi connectivity index (χ0) is 17.9. The van der Waals surface area contributed by atoms with Gasteiger partial charge in [-0.05, 0) is 42.7 Å². The van der Waals surface area contributed by atoms with E-state index < -0.39 is 16.2 Å². The van der Waals surface area contributed by atoms with E-state index in [0.29, 0.717) is 25.3 Å². The van der Waals surface area contributed by atoms with Gasteiger partial charge in [-0.25, -0.2) is 0 Å². The SMILES string of the molecule is O=S(=O)(O)c1ccc2c(c1)CCC(CNC[C@H](O)c1cccnc1)O2. The first-order chi connectivity index (χ1) is 11.9. The molecule has 1 unspecified atom stereocenters. The van der Waals surface area contributed by atoms with Gasteiger partial charge >= 0.3 is 0 Å². The van der Waals surface area contributed by atoms with Gasteiger partial charge in [0.1, 0.15) is 11.9 Å². The van der Waals surface area contributed by atoms with Crippen molar-refractivity contribution in [1.82, 2.24) is 10.3 Å². The first-order valence-corrected chi connectivity index (χ1v) is 9.43. The minimum Gasteiger partial charge on any atom is -0.489 e. The van der Waals surface area contributed by atoms with E-state index in [1.807, 2.05) is 6.07 Å². The summed E-state index contributed by atoms with van der Waals surface area (Å²) in [5.41, 5.74) is 1.52. The van der Waals surface area contributed by atoms with Gasteiger partial charge in [0, 0.05) is 31.0 Å². The third kappa shape index (κ3) is 4.55. The highest BCUT2D eigenvalue weighted by Crippen LogP contribution is 2.29. The molecule has 2 heterocycles. The van der Waals surface area contributed by atoms with E-state index >= 15 is 0 Å².